The number of rotatable bonds is 4. The van der Waals surface area contributed by atoms with Crippen molar-refractivity contribution in [1.29, 1.82) is 0 Å². The van der Waals surface area contributed by atoms with Gasteiger partial charge in [-0.05, 0) is 17.7 Å². The first kappa shape index (κ1) is 13.8. The highest BCUT2D eigenvalue weighted by Gasteiger charge is 2.24. The fourth-order valence-corrected chi connectivity index (χ4v) is 2.77. The summed E-state index contributed by atoms with van der Waals surface area (Å²) in [5, 5.41) is 0. The van der Waals surface area contributed by atoms with E-state index in [-0.39, 0.29) is 0 Å². The Labute approximate surface area is 126 Å². The Morgan fingerprint density at radius 2 is 1.76 bits per heavy atom. The van der Waals surface area contributed by atoms with E-state index in [0.717, 1.165) is 19.6 Å². The number of aromatic nitrogens is 1. The number of nitrogens with one attached hydrogen (secondary N) is 2. The summed E-state index contributed by atoms with van der Waals surface area (Å²) in [4.78, 5) is 7.42. The molecule has 3 heteroatoms. The van der Waals surface area contributed by atoms with Crippen molar-refractivity contribution in [3.05, 3.63) is 66.4 Å². The van der Waals surface area contributed by atoms with Crippen LogP contribution in [0.5, 0.6) is 0 Å². The second kappa shape index (κ2) is 7.04. The molecular weight excluding hydrogens is 258 g/mol. The van der Waals surface area contributed by atoms with Crippen LogP contribution in [-0.4, -0.2) is 32.7 Å². The number of hydrogen-bond donors (Lipinski definition) is 1. The van der Waals surface area contributed by atoms with Crippen molar-refractivity contribution in [1.82, 2.24) is 0 Å². The van der Waals surface area contributed by atoms with Crippen molar-refractivity contribution in [2.75, 3.05) is 37.6 Å². The third kappa shape index (κ3) is 3.92. The fourth-order valence-electron chi connectivity index (χ4n) is 2.77. The fraction of sp³-hybridized carbons (Fsp3) is 0.278. The lowest BCUT2D eigenvalue weighted by Gasteiger charge is -2.27. The molecule has 0 saturated carbocycles. The summed E-state index contributed by atoms with van der Waals surface area (Å²) in [7, 11) is 0. The van der Waals surface area contributed by atoms with Gasteiger partial charge in [-0.3, -0.25) is 4.90 Å². The molecule has 21 heavy (non-hydrogen) atoms. The number of pyridine rings is 1. The largest absolute Gasteiger partial charge is 0.325 e. The molecule has 1 aliphatic rings. The maximum Gasteiger partial charge on any atom is 0.274 e. The Morgan fingerprint density at radius 3 is 2.48 bits per heavy atom. The van der Waals surface area contributed by atoms with Gasteiger partial charge in [0.25, 0.3) is 5.82 Å². The van der Waals surface area contributed by atoms with Crippen LogP contribution >= 0.6 is 0 Å². The third-order valence-electron chi connectivity index (χ3n) is 4.02. The summed E-state index contributed by atoms with van der Waals surface area (Å²) < 4.78 is 0. The van der Waals surface area contributed by atoms with Gasteiger partial charge in [0, 0.05) is 6.07 Å². The van der Waals surface area contributed by atoms with Crippen LogP contribution in [0.1, 0.15) is 5.56 Å². The first-order chi connectivity index (χ1) is 10.4. The van der Waals surface area contributed by atoms with Crippen molar-refractivity contribution in [2.24, 2.45) is 0 Å². The van der Waals surface area contributed by atoms with E-state index in [0.29, 0.717) is 0 Å². The molecule has 3 nitrogen and oxygen atoms in total. The summed E-state index contributed by atoms with van der Waals surface area (Å²) in [6.07, 6.45) is 6.52. The first-order valence-corrected chi connectivity index (χ1v) is 7.69. The van der Waals surface area contributed by atoms with Gasteiger partial charge in [-0.25, -0.2) is 4.98 Å². The van der Waals surface area contributed by atoms with Crippen LogP contribution < -0.4 is 14.8 Å². The van der Waals surface area contributed by atoms with Gasteiger partial charge in [-0.2, -0.15) is 0 Å². The predicted molar refractivity (Wildman–Crippen MR) is 86.3 cm³/mol. The zero-order valence-electron chi connectivity index (χ0n) is 12.3. The van der Waals surface area contributed by atoms with Crippen molar-refractivity contribution in [2.45, 2.75) is 0 Å². The zero-order valence-corrected chi connectivity index (χ0v) is 12.3. The molecule has 3 rings (SSSR count). The van der Waals surface area contributed by atoms with Crippen LogP contribution in [0.3, 0.4) is 0 Å². The maximum absolute atomic E-state index is 3.32. The molecule has 0 amide bonds. The quantitative estimate of drug-likeness (QED) is 0.884. The molecule has 0 atom stereocenters. The minimum absolute atomic E-state index is 1.11. The van der Waals surface area contributed by atoms with Gasteiger partial charge in [0.2, 0.25) is 0 Å². The molecule has 1 aliphatic heterocycles. The third-order valence-corrected chi connectivity index (χ3v) is 4.02. The average molecular weight is 281 g/mol. The minimum Gasteiger partial charge on any atom is -0.325 e. The highest BCUT2D eigenvalue weighted by Crippen LogP contribution is 2.04. The molecule has 108 valence electrons. The van der Waals surface area contributed by atoms with Crippen LogP contribution in [0.2, 0.25) is 0 Å². The van der Waals surface area contributed by atoms with Gasteiger partial charge in [0.05, 0.1) is 12.7 Å². The van der Waals surface area contributed by atoms with Crippen molar-refractivity contribution in [3.8, 4) is 0 Å². The number of aromatic amines is 1. The SMILES string of the molecule is C(=C\c1ccccc1)/C[NH+]1CCN(c2cccc[nH+]2)CC1. The number of quaternary nitrogens is 1. The van der Waals surface area contributed by atoms with Crippen molar-refractivity contribution in [3.63, 3.8) is 0 Å². The molecule has 2 N–H and O–H groups in total. The Morgan fingerprint density at radius 1 is 1.00 bits per heavy atom. The van der Waals surface area contributed by atoms with Gasteiger partial charge in [0.15, 0.2) is 0 Å². The van der Waals surface area contributed by atoms with Crippen molar-refractivity contribution >= 4 is 11.9 Å². The van der Waals surface area contributed by atoms with Crippen LogP contribution in [0.4, 0.5) is 5.82 Å². The summed E-state index contributed by atoms with van der Waals surface area (Å²) in [5.41, 5.74) is 1.29. The number of benzene rings is 1. The number of piperazine rings is 1. The van der Waals surface area contributed by atoms with E-state index in [1.54, 1.807) is 4.90 Å². The first-order valence-electron chi connectivity index (χ1n) is 7.69. The molecule has 1 saturated heterocycles. The second-order valence-corrected chi connectivity index (χ2v) is 5.50. The van der Waals surface area contributed by atoms with E-state index in [2.05, 4.69) is 64.5 Å². The summed E-state index contributed by atoms with van der Waals surface area (Å²) in [6.45, 7) is 5.75. The highest BCUT2D eigenvalue weighted by molar-refractivity contribution is 5.48. The summed E-state index contributed by atoms with van der Waals surface area (Å²) >= 11 is 0. The van der Waals surface area contributed by atoms with Gasteiger partial charge in [-0.1, -0.05) is 42.5 Å². The molecule has 1 fully saturated rings. The highest BCUT2D eigenvalue weighted by atomic mass is 15.3. The molecule has 2 heterocycles. The van der Waals surface area contributed by atoms with Crippen LogP contribution in [0.15, 0.2) is 60.8 Å². The second-order valence-electron chi connectivity index (χ2n) is 5.50. The summed E-state index contributed by atoms with van der Waals surface area (Å²) in [5.74, 6) is 1.23. The molecule has 0 unspecified atom stereocenters. The van der Waals surface area contributed by atoms with E-state index in [1.807, 2.05) is 12.3 Å². The smallest absolute Gasteiger partial charge is 0.274 e. The number of H-pyrrole nitrogens is 1. The van der Waals surface area contributed by atoms with Crippen molar-refractivity contribution < 1.29 is 9.88 Å². The van der Waals surface area contributed by atoms with E-state index in [1.165, 1.54) is 24.5 Å². The Bertz CT molecular complexity index is 558. The van der Waals surface area contributed by atoms with Crippen LogP contribution in [0.25, 0.3) is 6.08 Å². The maximum atomic E-state index is 3.32. The van der Waals surface area contributed by atoms with E-state index >= 15 is 0 Å². The summed E-state index contributed by atoms with van der Waals surface area (Å²) in [6, 6.07) is 16.8. The van der Waals surface area contributed by atoms with E-state index < -0.39 is 0 Å². The van der Waals surface area contributed by atoms with Gasteiger partial charge in [-0.15, -0.1) is 0 Å². The zero-order chi connectivity index (χ0) is 14.3. The standard InChI is InChI=1S/C18H21N3/c1-2-7-17(8-3-1)9-6-12-20-13-15-21(16-14-20)18-10-4-5-11-19-18/h1-11H,12-16H2/p+2/b9-6+. The lowest BCUT2D eigenvalue weighted by atomic mass is 10.2. The monoisotopic (exact) mass is 281 g/mol. The Kier molecular flexibility index (Phi) is 4.64. The van der Waals surface area contributed by atoms with E-state index in [9.17, 15) is 0 Å². The number of nitrogens with zero attached hydrogens (tertiary/aromatic N) is 1. The number of anilines is 1. The Balaban J connectivity index is 1.47. The lowest BCUT2D eigenvalue weighted by Crippen LogP contribution is -3.14. The Hall–Kier alpha value is -2.13. The molecule has 0 radical (unpaired) electrons. The molecule has 1 aromatic carbocycles. The molecule has 1 aromatic heterocycles. The lowest BCUT2D eigenvalue weighted by molar-refractivity contribution is -0.894. The van der Waals surface area contributed by atoms with Gasteiger partial charge in [0.1, 0.15) is 26.2 Å². The molecular formula is C18H23N3+2. The minimum atomic E-state index is 1.11. The number of hydrogen-bond acceptors (Lipinski definition) is 1. The predicted octanol–water partition coefficient (Wildman–Crippen LogP) is 0.919. The van der Waals surface area contributed by atoms with Gasteiger partial charge >= 0.3 is 0 Å². The average Bonchev–Trinajstić information content (AvgIpc) is 2.57. The van der Waals surface area contributed by atoms with Crippen LogP contribution in [-0.2, 0) is 0 Å². The molecule has 0 bridgehead atoms. The molecule has 2 aromatic rings. The molecule has 0 aliphatic carbocycles. The topological polar surface area (TPSA) is 21.8 Å². The van der Waals surface area contributed by atoms with Gasteiger partial charge < -0.3 is 4.90 Å². The molecule has 0 spiro atoms. The van der Waals surface area contributed by atoms with E-state index in [4.69, 9.17) is 0 Å². The normalized spacial score (nSPS) is 16.5. The van der Waals surface area contributed by atoms with Crippen LogP contribution in [0, 0.1) is 0 Å².